The van der Waals surface area contributed by atoms with Crippen molar-refractivity contribution in [3.8, 4) is 28.5 Å². The third-order valence-corrected chi connectivity index (χ3v) is 4.43. The van der Waals surface area contributed by atoms with Crippen molar-refractivity contribution in [3.05, 3.63) is 76.5 Å². The quantitative estimate of drug-likeness (QED) is 0.573. The average molecular weight is 371 g/mol. The van der Waals surface area contributed by atoms with Gasteiger partial charge in [0.2, 0.25) is 0 Å². The van der Waals surface area contributed by atoms with Crippen molar-refractivity contribution >= 4 is 16.9 Å². The van der Waals surface area contributed by atoms with Gasteiger partial charge in [0.1, 0.15) is 23.4 Å². The number of rotatable bonds is 3. The molecule has 3 heterocycles. The minimum absolute atomic E-state index is 0.0717. The Morgan fingerprint density at radius 2 is 2.00 bits per heavy atom. The van der Waals surface area contributed by atoms with Crippen molar-refractivity contribution in [2.45, 2.75) is 0 Å². The fourth-order valence-electron chi connectivity index (χ4n) is 3.03. The van der Waals surface area contributed by atoms with Gasteiger partial charge in [-0.05, 0) is 42.0 Å². The van der Waals surface area contributed by atoms with E-state index in [9.17, 15) is 14.4 Å². The van der Waals surface area contributed by atoms with Gasteiger partial charge >= 0.3 is 0 Å². The summed E-state index contributed by atoms with van der Waals surface area (Å²) in [5.74, 6) is 0.0608. The molecule has 0 aliphatic heterocycles. The van der Waals surface area contributed by atoms with Crippen molar-refractivity contribution in [3.63, 3.8) is 0 Å². The number of halogens is 1. The van der Waals surface area contributed by atoms with Crippen LogP contribution in [0.5, 0.6) is 0 Å². The molecule has 4 aromatic rings. The predicted octanol–water partition coefficient (Wildman–Crippen LogP) is 3.70. The largest absolute Gasteiger partial charge is 0.373 e. The molecule has 0 saturated carbocycles. The first-order valence-corrected chi connectivity index (χ1v) is 8.47. The summed E-state index contributed by atoms with van der Waals surface area (Å²) >= 11 is 0. The number of nitrogens with one attached hydrogen (secondary N) is 2. The number of aromatic amines is 1. The SMILES string of the molecule is CNc1cc(-c2cc3c(=O)cc[nH]c3nc2-c2ccc(F)c(C#N)c2)ccn1. The third kappa shape index (κ3) is 2.97. The van der Waals surface area contributed by atoms with Gasteiger partial charge < -0.3 is 10.3 Å². The topological polar surface area (TPSA) is 94.5 Å². The highest BCUT2D eigenvalue weighted by Crippen LogP contribution is 2.33. The Hall–Kier alpha value is -4.05. The molecule has 0 fully saturated rings. The van der Waals surface area contributed by atoms with Crippen LogP contribution in [0.3, 0.4) is 0 Å². The third-order valence-electron chi connectivity index (χ3n) is 4.43. The summed E-state index contributed by atoms with van der Waals surface area (Å²) in [4.78, 5) is 24.1. The van der Waals surface area contributed by atoms with Gasteiger partial charge in [0.15, 0.2) is 5.43 Å². The maximum atomic E-state index is 13.8. The van der Waals surface area contributed by atoms with Gasteiger partial charge in [0.05, 0.1) is 16.6 Å². The number of fused-ring (bicyclic) bond motifs is 1. The van der Waals surface area contributed by atoms with Crippen LogP contribution < -0.4 is 10.7 Å². The monoisotopic (exact) mass is 371 g/mol. The number of hydrogen-bond donors (Lipinski definition) is 2. The number of nitrogens with zero attached hydrogens (tertiary/aromatic N) is 3. The Labute approximate surface area is 159 Å². The summed E-state index contributed by atoms with van der Waals surface area (Å²) in [5.41, 5.74) is 2.75. The van der Waals surface area contributed by atoms with Gasteiger partial charge in [-0.1, -0.05) is 0 Å². The summed E-state index contributed by atoms with van der Waals surface area (Å²) in [5, 5.41) is 12.6. The van der Waals surface area contributed by atoms with Crippen LogP contribution >= 0.6 is 0 Å². The molecule has 136 valence electrons. The summed E-state index contributed by atoms with van der Waals surface area (Å²) in [6, 6.07) is 12.9. The number of hydrogen-bond acceptors (Lipinski definition) is 5. The average Bonchev–Trinajstić information content (AvgIpc) is 2.73. The molecule has 6 nitrogen and oxygen atoms in total. The first-order valence-electron chi connectivity index (χ1n) is 8.47. The molecule has 0 aliphatic carbocycles. The number of pyridine rings is 3. The van der Waals surface area contributed by atoms with E-state index in [1.165, 1.54) is 24.4 Å². The molecule has 1 aromatic carbocycles. The zero-order valence-corrected chi connectivity index (χ0v) is 14.8. The highest BCUT2D eigenvalue weighted by Gasteiger charge is 2.15. The Balaban J connectivity index is 2.06. The molecule has 0 spiro atoms. The smallest absolute Gasteiger partial charge is 0.191 e. The van der Waals surface area contributed by atoms with Gasteiger partial charge in [-0.15, -0.1) is 0 Å². The number of H-pyrrole nitrogens is 1. The van der Waals surface area contributed by atoms with E-state index >= 15 is 0 Å². The van der Waals surface area contributed by atoms with E-state index in [-0.39, 0.29) is 11.0 Å². The number of aromatic nitrogens is 3. The van der Waals surface area contributed by atoms with E-state index in [2.05, 4.69) is 20.3 Å². The van der Waals surface area contributed by atoms with Crippen molar-refractivity contribution in [1.82, 2.24) is 15.0 Å². The van der Waals surface area contributed by atoms with Gasteiger partial charge in [-0.2, -0.15) is 5.26 Å². The fraction of sp³-hybridized carbons (Fsp3) is 0.0476. The second-order valence-electron chi connectivity index (χ2n) is 6.11. The van der Waals surface area contributed by atoms with E-state index in [1.807, 2.05) is 12.1 Å². The molecular weight excluding hydrogens is 357 g/mol. The van der Waals surface area contributed by atoms with Crippen molar-refractivity contribution in [2.75, 3.05) is 12.4 Å². The van der Waals surface area contributed by atoms with E-state index in [0.717, 1.165) is 5.56 Å². The number of nitriles is 1. The molecule has 0 radical (unpaired) electrons. The van der Waals surface area contributed by atoms with Gasteiger partial charge in [0, 0.05) is 36.6 Å². The minimum Gasteiger partial charge on any atom is -0.373 e. The highest BCUT2D eigenvalue weighted by atomic mass is 19.1. The molecule has 3 aromatic heterocycles. The second kappa shape index (κ2) is 6.93. The molecule has 0 aliphatic rings. The van der Waals surface area contributed by atoms with Crippen LogP contribution in [0.2, 0.25) is 0 Å². The lowest BCUT2D eigenvalue weighted by molar-refractivity contribution is 0.624. The zero-order chi connectivity index (χ0) is 19.7. The van der Waals surface area contributed by atoms with Gasteiger partial charge in [0.25, 0.3) is 0 Å². The molecule has 0 amide bonds. The Morgan fingerprint density at radius 1 is 1.14 bits per heavy atom. The van der Waals surface area contributed by atoms with E-state index in [0.29, 0.717) is 33.7 Å². The summed E-state index contributed by atoms with van der Waals surface area (Å²) in [6.45, 7) is 0. The lowest BCUT2D eigenvalue weighted by Crippen LogP contribution is -2.04. The van der Waals surface area contributed by atoms with E-state index in [4.69, 9.17) is 0 Å². The first-order chi connectivity index (χ1) is 13.6. The normalized spacial score (nSPS) is 10.6. The van der Waals surface area contributed by atoms with Crippen LogP contribution in [-0.4, -0.2) is 22.0 Å². The Morgan fingerprint density at radius 3 is 2.79 bits per heavy atom. The lowest BCUT2D eigenvalue weighted by Gasteiger charge is -2.12. The molecule has 4 rings (SSSR count). The second-order valence-corrected chi connectivity index (χ2v) is 6.11. The van der Waals surface area contributed by atoms with Gasteiger partial charge in [-0.25, -0.2) is 14.4 Å². The summed E-state index contributed by atoms with van der Waals surface area (Å²) < 4.78 is 13.8. The number of benzene rings is 1. The molecule has 0 unspecified atom stereocenters. The van der Waals surface area contributed by atoms with Crippen LogP contribution in [0.15, 0.2) is 59.7 Å². The van der Waals surface area contributed by atoms with Crippen LogP contribution in [0.25, 0.3) is 33.4 Å². The zero-order valence-electron chi connectivity index (χ0n) is 14.8. The Bertz CT molecular complexity index is 1310. The predicted molar refractivity (Wildman–Crippen MR) is 105 cm³/mol. The van der Waals surface area contributed by atoms with Crippen LogP contribution in [-0.2, 0) is 0 Å². The highest BCUT2D eigenvalue weighted by molar-refractivity contribution is 5.90. The summed E-state index contributed by atoms with van der Waals surface area (Å²) in [6.07, 6.45) is 3.17. The molecule has 0 atom stereocenters. The molecular formula is C21H14FN5O. The van der Waals surface area contributed by atoms with Crippen LogP contribution in [0.1, 0.15) is 5.56 Å². The molecule has 0 bridgehead atoms. The van der Waals surface area contributed by atoms with Gasteiger partial charge in [-0.3, -0.25) is 4.79 Å². The minimum atomic E-state index is -0.594. The van der Waals surface area contributed by atoms with E-state index < -0.39 is 5.82 Å². The molecule has 0 saturated heterocycles. The maximum Gasteiger partial charge on any atom is 0.191 e. The first kappa shape index (κ1) is 17.4. The van der Waals surface area contributed by atoms with Crippen LogP contribution in [0.4, 0.5) is 10.2 Å². The molecule has 28 heavy (non-hydrogen) atoms. The molecule has 7 heteroatoms. The standard InChI is InChI=1S/C21H14FN5O/c1-24-19-9-12(4-6-25-19)15-10-16-18(28)5-7-26-21(16)27-20(15)13-2-3-17(22)14(8-13)11-23/h2-10H,1H3,(H,24,25)(H,26,27,28). The Kier molecular flexibility index (Phi) is 4.30. The summed E-state index contributed by atoms with van der Waals surface area (Å²) in [7, 11) is 1.76. The van der Waals surface area contributed by atoms with Crippen molar-refractivity contribution in [2.24, 2.45) is 0 Å². The number of anilines is 1. The molecule has 2 N–H and O–H groups in total. The maximum absolute atomic E-state index is 13.8. The fourth-order valence-corrected chi connectivity index (χ4v) is 3.03. The van der Waals surface area contributed by atoms with Crippen molar-refractivity contribution in [1.29, 1.82) is 5.26 Å². The van der Waals surface area contributed by atoms with Crippen molar-refractivity contribution < 1.29 is 4.39 Å². The van der Waals surface area contributed by atoms with E-state index in [1.54, 1.807) is 31.4 Å². The van der Waals surface area contributed by atoms with Crippen LogP contribution in [0, 0.1) is 17.1 Å². The lowest BCUT2D eigenvalue weighted by atomic mass is 9.97.